The summed E-state index contributed by atoms with van der Waals surface area (Å²) in [5.74, 6) is 0.103. The Morgan fingerprint density at radius 3 is 2.80 bits per heavy atom. The van der Waals surface area contributed by atoms with E-state index in [2.05, 4.69) is 44.9 Å². The van der Waals surface area contributed by atoms with Gasteiger partial charge in [0.05, 0.1) is 11.9 Å². The van der Waals surface area contributed by atoms with E-state index in [-0.39, 0.29) is 11.9 Å². The van der Waals surface area contributed by atoms with E-state index in [0.29, 0.717) is 6.42 Å². The van der Waals surface area contributed by atoms with Crippen LogP contribution in [-0.4, -0.2) is 54.2 Å². The van der Waals surface area contributed by atoms with E-state index >= 15 is 0 Å². The monoisotopic (exact) mass is 345 g/mol. The van der Waals surface area contributed by atoms with Crippen LogP contribution in [0.3, 0.4) is 0 Å². The second kappa shape index (κ2) is 9.53. The van der Waals surface area contributed by atoms with Gasteiger partial charge in [-0.3, -0.25) is 9.89 Å². The van der Waals surface area contributed by atoms with Crippen LogP contribution in [0.1, 0.15) is 44.4 Å². The van der Waals surface area contributed by atoms with Gasteiger partial charge in [0.1, 0.15) is 0 Å². The predicted octanol–water partition coefficient (Wildman–Crippen LogP) is 2.08. The van der Waals surface area contributed by atoms with E-state index in [1.54, 1.807) is 0 Å². The lowest BCUT2D eigenvalue weighted by atomic mass is 9.93. The van der Waals surface area contributed by atoms with Gasteiger partial charge in [-0.2, -0.15) is 5.10 Å². The number of hydrogen-bond acceptors (Lipinski definition) is 4. The lowest BCUT2D eigenvalue weighted by Crippen LogP contribution is -2.30. The van der Waals surface area contributed by atoms with Crippen molar-refractivity contribution in [1.29, 1.82) is 0 Å². The Labute approximate surface area is 150 Å². The summed E-state index contributed by atoms with van der Waals surface area (Å²) < 4.78 is 0. The molecule has 0 fully saturated rings. The Bertz CT molecular complexity index is 630. The maximum Gasteiger partial charge on any atom is 0.224 e. The van der Waals surface area contributed by atoms with Gasteiger partial charge in [0, 0.05) is 37.7 Å². The Morgan fingerprint density at radius 1 is 1.36 bits per heavy atom. The Morgan fingerprint density at radius 2 is 2.16 bits per heavy atom. The Hall–Kier alpha value is -1.92. The largest absolute Gasteiger partial charge is 0.354 e. The van der Waals surface area contributed by atoms with E-state index < -0.39 is 0 Å². The summed E-state index contributed by atoms with van der Waals surface area (Å²) >= 11 is 0. The molecule has 1 aromatic heterocycles. The molecule has 2 rings (SSSR count). The number of hydrogen-bond donors (Lipinski definition) is 3. The van der Waals surface area contributed by atoms with Gasteiger partial charge in [0.15, 0.2) is 0 Å². The molecule has 6 heteroatoms. The normalized spacial score (nSPS) is 14.6. The molecule has 0 aliphatic heterocycles. The molecule has 1 heterocycles. The zero-order chi connectivity index (χ0) is 18.2. The molecule has 1 aliphatic rings. The van der Waals surface area contributed by atoms with Gasteiger partial charge >= 0.3 is 0 Å². The smallest absolute Gasteiger partial charge is 0.224 e. The first-order chi connectivity index (χ1) is 12.0. The molecule has 0 bridgehead atoms. The van der Waals surface area contributed by atoms with Gasteiger partial charge < -0.3 is 15.5 Å². The van der Waals surface area contributed by atoms with Gasteiger partial charge in [-0.05, 0) is 46.4 Å². The summed E-state index contributed by atoms with van der Waals surface area (Å²) in [6.07, 6.45) is 8.49. The zero-order valence-corrected chi connectivity index (χ0v) is 15.9. The summed E-state index contributed by atoms with van der Waals surface area (Å²) in [5.41, 5.74) is 4.80. The maximum absolute atomic E-state index is 11.9. The Kier molecular flexibility index (Phi) is 7.40. The van der Waals surface area contributed by atoms with Crippen molar-refractivity contribution >= 4 is 11.5 Å². The van der Waals surface area contributed by atoms with Gasteiger partial charge in [-0.25, -0.2) is 0 Å². The van der Waals surface area contributed by atoms with E-state index in [1.165, 1.54) is 16.7 Å². The summed E-state index contributed by atoms with van der Waals surface area (Å²) in [7, 11) is 4.09. The fraction of sp³-hybridized carbons (Fsp3) is 0.579. The number of allylic oxidation sites excluding steroid dienone is 3. The first-order valence-electron chi connectivity index (χ1n) is 9.03. The molecule has 1 amide bonds. The van der Waals surface area contributed by atoms with Crippen LogP contribution in [0.2, 0.25) is 0 Å². The van der Waals surface area contributed by atoms with Crippen LogP contribution < -0.4 is 10.6 Å². The van der Waals surface area contributed by atoms with Crippen molar-refractivity contribution in [2.45, 2.75) is 45.7 Å². The molecule has 1 aromatic rings. The van der Waals surface area contributed by atoms with Crippen molar-refractivity contribution < 1.29 is 4.79 Å². The summed E-state index contributed by atoms with van der Waals surface area (Å²) in [5, 5.41) is 13.5. The third-order valence-electron chi connectivity index (χ3n) is 4.30. The molecular formula is C19H31N5O. The SMILES string of the molecule is CNCCN(C)Cc1cn[nH]c1C1=CC=C(CC(=O)NC(C)C)CC1. The number of amides is 1. The number of aromatic amines is 1. The topological polar surface area (TPSA) is 73.0 Å². The van der Waals surface area contributed by atoms with Crippen molar-refractivity contribution in [3.8, 4) is 0 Å². The summed E-state index contributed by atoms with van der Waals surface area (Å²) in [6, 6.07) is 0.190. The van der Waals surface area contributed by atoms with Crippen LogP contribution in [0.25, 0.3) is 5.57 Å². The molecule has 6 nitrogen and oxygen atoms in total. The minimum Gasteiger partial charge on any atom is -0.354 e. The van der Waals surface area contributed by atoms with E-state index in [0.717, 1.165) is 38.2 Å². The van der Waals surface area contributed by atoms with E-state index in [9.17, 15) is 4.79 Å². The highest BCUT2D eigenvalue weighted by molar-refractivity contribution is 5.79. The molecule has 3 N–H and O–H groups in total. The third kappa shape index (κ3) is 6.14. The minimum absolute atomic E-state index is 0.103. The fourth-order valence-electron chi connectivity index (χ4n) is 3.00. The molecule has 138 valence electrons. The lowest BCUT2D eigenvalue weighted by molar-refractivity contribution is -0.120. The van der Waals surface area contributed by atoms with E-state index in [4.69, 9.17) is 0 Å². The minimum atomic E-state index is 0.103. The number of carbonyl (C=O) groups excluding carboxylic acids is 1. The Balaban J connectivity index is 1.99. The number of aromatic nitrogens is 2. The second-order valence-electron chi connectivity index (χ2n) is 7.03. The molecule has 0 atom stereocenters. The molecule has 0 saturated carbocycles. The number of H-pyrrole nitrogens is 1. The quantitative estimate of drug-likeness (QED) is 0.641. The highest BCUT2D eigenvalue weighted by atomic mass is 16.1. The molecule has 1 aliphatic carbocycles. The number of nitrogens with one attached hydrogen (secondary N) is 3. The van der Waals surface area contributed by atoms with Crippen LogP contribution in [0.4, 0.5) is 0 Å². The van der Waals surface area contributed by atoms with Crippen molar-refractivity contribution in [3.63, 3.8) is 0 Å². The van der Waals surface area contributed by atoms with Gasteiger partial charge in [0.2, 0.25) is 5.91 Å². The second-order valence-corrected chi connectivity index (χ2v) is 7.03. The van der Waals surface area contributed by atoms with Gasteiger partial charge in [-0.1, -0.05) is 17.7 Å². The van der Waals surface area contributed by atoms with Gasteiger partial charge in [0.25, 0.3) is 0 Å². The van der Waals surface area contributed by atoms with Crippen LogP contribution in [0, 0.1) is 0 Å². The third-order valence-corrected chi connectivity index (χ3v) is 4.30. The maximum atomic E-state index is 11.9. The van der Waals surface area contributed by atoms with Crippen LogP contribution >= 0.6 is 0 Å². The average Bonchev–Trinajstić information content (AvgIpc) is 3.01. The number of likely N-dealkylation sites (N-methyl/N-ethyl adjacent to an activating group) is 2. The molecule has 0 spiro atoms. The van der Waals surface area contributed by atoms with Crippen molar-refractivity contribution in [2.75, 3.05) is 27.2 Å². The first kappa shape index (κ1) is 19.4. The average molecular weight is 345 g/mol. The number of carbonyl (C=O) groups is 1. The molecule has 0 saturated heterocycles. The molecule has 0 aromatic carbocycles. The van der Waals surface area contributed by atoms with E-state index in [1.807, 2.05) is 27.1 Å². The fourth-order valence-corrected chi connectivity index (χ4v) is 3.00. The summed E-state index contributed by atoms with van der Waals surface area (Å²) in [6.45, 7) is 6.81. The number of rotatable bonds is 9. The van der Waals surface area contributed by atoms with Crippen molar-refractivity contribution in [3.05, 3.63) is 35.2 Å². The first-order valence-corrected chi connectivity index (χ1v) is 9.03. The van der Waals surface area contributed by atoms with Crippen molar-refractivity contribution in [2.24, 2.45) is 0 Å². The van der Waals surface area contributed by atoms with Crippen LogP contribution in [0.5, 0.6) is 0 Å². The molecule has 0 unspecified atom stereocenters. The highest BCUT2D eigenvalue weighted by Gasteiger charge is 2.16. The zero-order valence-electron chi connectivity index (χ0n) is 15.9. The predicted molar refractivity (Wildman–Crippen MR) is 102 cm³/mol. The molecule has 25 heavy (non-hydrogen) atoms. The van der Waals surface area contributed by atoms with Crippen LogP contribution in [-0.2, 0) is 11.3 Å². The lowest BCUT2D eigenvalue weighted by Gasteiger charge is -2.18. The van der Waals surface area contributed by atoms with Crippen LogP contribution in [0.15, 0.2) is 23.9 Å². The van der Waals surface area contributed by atoms with Crippen molar-refractivity contribution in [1.82, 2.24) is 25.7 Å². The molecular weight excluding hydrogens is 314 g/mol. The highest BCUT2D eigenvalue weighted by Crippen LogP contribution is 2.29. The summed E-state index contributed by atoms with van der Waals surface area (Å²) in [4.78, 5) is 14.2. The number of nitrogens with zero attached hydrogens (tertiary/aromatic N) is 2. The standard InChI is InChI=1S/C19H31N5O/c1-14(2)22-18(25)11-15-5-7-16(8-6-15)19-17(12-21-23-19)13-24(4)10-9-20-3/h5,7,12,14,20H,6,8-11,13H2,1-4H3,(H,21,23)(H,22,25). The molecule has 0 radical (unpaired) electrons. The van der Waals surface area contributed by atoms with Gasteiger partial charge in [-0.15, -0.1) is 0 Å².